The van der Waals surface area contributed by atoms with Crippen molar-refractivity contribution in [2.24, 2.45) is 0 Å². The first-order valence-electron chi connectivity index (χ1n) is 8.48. The van der Waals surface area contributed by atoms with Crippen LogP contribution in [0, 0.1) is 0 Å². The van der Waals surface area contributed by atoms with Gasteiger partial charge < -0.3 is 14.5 Å². The molecule has 0 unspecified atom stereocenters. The largest absolute Gasteiger partial charge is 0.459 e. The highest BCUT2D eigenvalue weighted by molar-refractivity contribution is 6.09. The van der Waals surface area contributed by atoms with Crippen molar-refractivity contribution in [2.75, 3.05) is 12.0 Å². The molecular weight excluding hydrogens is 336 g/mol. The molecule has 1 aliphatic heterocycles. The number of benzene rings is 1. The summed E-state index contributed by atoms with van der Waals surface area (Å²) in [5, 5.41) is 2.81. The Morgan fingerprint density at radius 3 is 2.81 bits per heavy atom. The van der Waals surface area contributed by atoms with Crippen LogP contribution in [-0.4, -0.2) is 41.4 Å². The van der Waals surface area contributed by atoms with Crippen LogP contribution in [0.3, 0.4) is 0 Å². The van der Waals surface area contributed by atoms with Crippen LogP contribution in [0.25, 0.3) is 0 Å². The summed E-state index contributed by atoms with van der Waals surface area (Å²) in [4.78, 5) is 38.9. The maximum absolute atomic E-state index is 12.9. The van der Waals surface area contributed by atoms with E-state index in [1.807, 2.05) is 12.1 Å². The van der Waals surface area contributed by atoms with Crippen molar-refractivity contribution in [1.29, 1.82) is 0 Å². The quantitative estimate of drug-likeness (QED) is 0.913. The Bertz CT molecular complexity index is 874. The van der Waals surface area contributed by atoms with E-state index in [-0.39, 0.29) is 24.2 Å². The van der Waals surface area contributed by atoms with Crippen LogP contribution >= 0.6 is 0 Å². The fourth-order valence-electron chi connectivity index (χ4n) is 3.53. The molecular formula is C19H18N2O5. The molecule has 1 aromatic carbocycles. The fraction of sp³-hybridized carbons (Fsp3) is 0.316. The number of Topliss-reactive ketones (excluding diaryl/α,β-unsaturated/α-hetero) is 1. The summed E-state index contributed by atoms with van der Waals surface area (Å²) in [6.45, 7) is 1.74. The lowest BCUT2D eigenvalue weighted by molar-refractivity contribution is -0.120. The lowest BCUT2D eigenvalue weighted by Crippen LogP contribution is -2.47. The highest BCUT2D eigenvalue weighted by Gasteiger charge is 2.42. The third-order valence-electron chi connectivity index (χ3n) is 4.83. The molecule has 0 saturated carbocycles. The minimum absolute atomic E-state index is 0.00458. The van der Waals surface area contributed by atoms with Crippen molar-refractivity contribution >= 4 is 23.3 Å². The molecule has 1 saturated heterocycles. The average molecular weight is 354 g/mol. The molecule has 134 valence electrons. The molecule has 2 atom stereocenters. The number of fused-ring (bicyclic) bond motifs is 1. The number of furan rings is 1. The number of carbonyl (C=O) groups excluding carboxylic acids is 3. The second-order valence-corrected chi connectivity index (χ2v) is 6.45. The molecule has 0 radical (unpaired) electrons. The smallest absolute Gasteiger partial charge is 0.292 e. The average Bonchev–Trinajstić information content (AvgIpc) is 3.35. The molecule has 1 fully saturated rings. The van der Waals surface area contributed by atoms with Crippen molar-refractivity contribution in [3.05, 3.63) is 53.5 Å². The van der Waals surface area contributed by atoms with Gasteiger partial charge in [-0.25, -0.2) is 0 Å². The molecule has 2 heterocycles. The monoisotopic (exact) mass is 354 g/mol. The number of carbonyl (C=O) groups is 3. The number of aryl methyl sites for hydroxylation is 1. The van der Waals surface area contributed by atoms with Gasteiger partial charge in [0.25, 0.3) is 5.91 Å². The Balaban J connectivity index is 1.58. The summed E-state index contributed by atoms with van der Waals surface area (Å²) in [7, 11) is 0. The van der Waals surface area contributed by atoms with Gasteiger partial charge in [0.1, 0.15) is 12.8 Å². The van der Waals surface area contributed by atoms with Crippen molar-refractivity contribution in [1.82, 2.24) is 4.90 Å². The normalized spacial score (nSPS) is 21.7. The Morgan fingerprint density at radius 2 is 2.04 bits per heavy atom. The van der Waals surface area contributed by atoms with Crippen molar-refractivity contribution in [3.63, 3.8) is 0 Å². The zero-order valence-corrected chi connectivity index (χ0v) is 14.2. The van der Waals surface area contributed by atoms with Gasteiger partial charge in [-0.3, -0.25) is 19.3 Å². The minimum atomic E-state index is -0.806. The van der Waals surface area contributed by atoms with Crippen LogP contribution < -0.4 is 5.32 Å². The SMILES string of the molecule is C[C@H]1OCN(C(=O)c2ccco2)[C@@H]1C(=O)Nc1cccc2c1C(=O)CC2. The van der Waals surface area contributed by atoms with Crippen LogP contribution in [0.4, 0.5) is 5.69 Å². The highest BCUT2D eigenvalue weighted by atomic mass is 16.5. The molecule has 0 bridgehead atoms. The van der Waals surface area contributed by atoms with E-state index in [2.05, 4.69) is 5.32 Å². The predicted octanol–water partition coefficient (Wildman–Crippen LogP) is 2.23. The summed E-state index contributed by atoms with van der Waals surface area (Å²) in [5.41, 5.74) is 1.99. The minimum Gasteiger partial charge on any atom is -0.459 e. The molecule has 0 spiro atoms. The van der Waals surface area contributed by atoms with Crippen molar-refractivity contribution in [3.8, 4) is 0 Å². The second-order valence-electron chi connectivity index (χ2n) is 6.45. The lowest BCUT2D eigenvalue weighted by atomic mass is 10.1. The first kappa shape index (κ1) is 16.5. The van der Waals surface area contributed by atoms with E-state index in [1.165, 1.54) is 11.2 Å². The molecule has 1 aliphatic carbocycles. The van der Waals surface area contributed by atoms with E-state index >= 15 is 0 Å². The van der Waals surface area contributed by atoms with Gasteiger partial charge >= 0.3 is 0 Å². The van der Waals surface area contributed by atoms with E-state index in [0.29, 0.717) is 24.1 Å². The number of ether oxygens (including phenoxy) is 1. The van der Waals surface area contributed by atoms with Gasteiger partial charge in [0.15, 0.2) is 11.5 Å². The van der Waals surface area contributed by atoms with Crippen LogP contribution in [-0.2, 0) is 16.0 Å². The summed E-state index contributed by atoms with van der Waals surface area (Å²) in [5.74, 6) is -0.622. The van der Waals surface area contributed by atoms with Gasteiger partial charge in [0, 0.05) is 12.0 Å². The summed E-state index contributed by atoms with van der Waals surface area (Å²) >= 11 is 0. The zero-order valence-electron chi connectivity index (χ0n) is 14.2. The molecule has 2 aliphatic rings. The van der Waals surface area contributed by atoms with Gasteiger partial charge in [-0.05, 0) is 37.1 Å². The third-order valence-corrected chi connectivity index (χ3v) is 4.83. The molecule has 2 amide bonds. The number of amides is 2. The second kappa shape index (κ2) is 6.42. The molecule has 1 aromatic heterocycles. The van der Waals surface area contributed by atoms with E-state index in [9.17, 15) is 14.4 Å². The lowest BCUT2D eigenvalue weighted by Gasteiger charge is -2.23. The predicted molar refractivity (Wildman–Crippen MR) is 91.8 cm³/mol. The standard InChI is InChI=1S/C19H18N2O5/c1-11-17(21(10-26-11)19(24)15-6-3-9-25-15)18(23)20-13-5-2-4-12-7-8-14(22)16(12)13/h2-6,9,11,17H,7-8,10H2,1H3,(H,20,23)/t11-,17+/m1/s1. The van der Waals surface area contributed by atoms with Crippen LogP contribution in [0.1, 0.15) is 39.8 Å². The van der Waals surface area contributed by atoms with Crippen LogP contribution in [0.2, 0.25) is 0 Å². The Hall–Kier alpha value is -2.93. The maximum Gasteiger partial charge on any atom is 0.292 e. The summed E-state index contributed by atoms with van der Waals surface area (Å²) < 4.78 is 10.6. The molecule has 26 heavy (non-hydrogen) atoms. The first-order valence-corrected chi connectivity index (χ1v) is 8.48. The molecule has 2 aromatic rings. The van der Waals surface area contributed by atoms with Gasteiger partial charge in [0.2, 0.25) is 5.91 Å². The number of anilines is 1. The molecule has 7 nitrogen and oxygen atoms in total. The third kappa shape index (κ3) is 2.70. The van der Waals surface area contributed by atoms with E-state index < -0.39 is 18.1 Å². The number of ketones is 1. The Labute approximate surface area is 149 Å². The molecule has 7 heteroatoms. The number of nitrogens with zero attached hydrogens (tertiary/aromatic N) is 1. The first-order chi connectivity index (χ1) is 12.6. The maximum atomic E-state index is 12.9. The van der Waals surface area contributed by atoms with Gasteiger partial charge in [0.05, 0.1) is 18.1 Å². The summed E-state index contributed by atoms with van der Waals surface area (Å²) in [6, 6.07) is 7.76. The fourth-order valence-corrected chi connectivity index (χ4v) is 3.53. The molecule has 4 rings (SSSR count). The topological polar surface area (TPSA) is 88.8 Å². The highest BCUT2D eigenvalue weighted by Crippen LogP contribution is 2.30. The van der Waals surface area contributed by atoms with Crippen molar-refractivity contribution < 1.29 is 23.5 Å². The van der Waals surface area contributed by atoms with E-state index in [1.54, 1.807) is 25.1 Å². The molecule has 1 N–H and O–H groups in total. The zero-order chi connectivity index (χ0) is 18.3. The number of nitrogens with one attached hydrogen (secondary N) is 1. The van der Waals surface area contributed by atoms with Crippen LogP contribution in [0.15, 0.2) is 41.0 Å². The summed E-state index contributed by atoms with van der Waals surface area (Å²) in [6.07, 6.45) is 2.07. The Kier molecular flexibility index (Phi) is 4.08. The Morgan fingerprint density at radius 1 is 1.19 bits per heavy atom. The van der Waals surface area contributed by atoms with Gasteiger partial charge in [-0.1, -0.05) is 12.1 Å². The number of hydrogen-bond donors (Lipinski definition) is 1. The van der Waals surface area contributed by atoms with E-state index in [4.69, 9.17) is 9.15 Å². The van der Waals surface area contributed by atoms with Gasteiger partial charge in [-0.2, -0.15) is 0 Å². The van der Waals surface area contributed by atoms with Gasteiger partial charge in [-0.15, -0.1) is 0 Å². The number of hydrogen-bond acceptors (Lipinski definition) is 5. The number of rotatable bonds is 3. The van der Waals surface area contributed by atoms with Crippen molar-refractivity contribution in [2.45, 2.75) is 31.9 Å². The van der Waals surface area contributed by atoms with Crippen LogP contribution in [0.5, 0.6) is 0 Å². The van der Waals surface area contributed by atoms with E-state index in [0.717, 1.165) is 5.56 Å².